The molecular weight excluding hydrogens is 222 g/mol. The van der Waals surface area contributed by atoms with Crippen LogP contribution in [0.2, 0.25) is 0 Å². The van der Waals surface area contributed by atoms with E-state index in [9.17, 15) is 4.79 Å². The number of nitrogens with one attached hydrogen (secondary N) is 1. The number of ether oxygens (including phenoxy) is 1. The molecule has 5 nitrogen and oxygen atoms in total. The molecule has 0 aliphatic heterocycles. The Balaban J connectivity index is 2.24. The van der Waals surface area contributed by atoms with Crippen molar-refractivity contribution in [3.05, 3.63) is 30.3 Å². The van der Waals surface area contributed by atoms with Crippen LogP contribution in [0.25, 0.3) is 0 Å². The first-order valence-electron chi connectivity index (χ1n) is 5.44. The van der Waals surface area contributed by atoms with Gasteiger partial charge in [-0.1, -0.05) is 23.2 Å². The summed E-state index contributed by atoms with van der Waals surface area (Å²) in [7, 11) is 0. The average Bonchev–Trinajstić information content (AvgIpc) is 2.29. The molecule has 94 valence electrons. The van der Waals surface area contributed by atoms with Gasteiger partial charge < -0.3 is 9.62 Å². The van der Waals surface area contributed by atoms with Crippen LogP contribution in [0.5, 0.6) is 5.75 Å². The highest BCUT2D eigenvalue weighted by atomic mass is 17.3. The Morgan fingerprint density at radius 2 is 1.82 bits per heavy atom. The molecule has 0 aromatic heterocycles. The molecular formula is C12H17NO4. The normalized spacial score (nSPS) is 12.2. The van der Waals surface area contributed by atoms with Crippen molar-refractivity contribution in [1.82, 2.24) is 5.48 Å². The number of hydrogen-bond acceptors (Lipinski definition) is 5. The van der Waals surface area contributed by atoms with E-state index in [1.807, 2.05) is 18.2 Å². The minimum Gasteiger partial charge on any atom is -0.462 e. The third-order valence-electron chi connectivity index (χ3n) is 1.81. The van der Waals surface area contributed by atoms with E-state index in [2.05, 4.69) is 5.48 Å². The maximum absolute atomic E-state index is 11.4. The average molecular weight is 239 g/mol. The molecule has 1 atom stereocenters. The molecule has 1 aromatic rings. The number of benzene rings is 1. The molecule has 0 heterocycles. The fourth-order valence-electron chi connectivity index (χ4n) is 1.00. The van der Waals surface area contributed by atoms with Crippen molar-refractivity contribution in [3.63, 3.8) is 0 Å². The smallest absolute Gasteiger partial charge is 0.325 e. The Labute approximate surface area is 101 Å². The summed E-state index contributed by atoms with van der Waals surface area (Å²) in [6.07, 6.45) is -0.151. The van der Waals surface area contributed by atoms with Crippen molar-refractivity contribution >= 4 is 5.97 Å². The van der Waals surface area contributed by atoms with E-state index in [4.69, 9.17) is 14.6 Å². The van der Waals surface area contributed by atoms with Gasteiger partial charge in [-0.15, -0.1) is 5.48 Å². The van der Waals surface area contributed by atoms with Gasteiger partial charge in [0.2, 0.25) is 0 Å². The predicted molar refractivity (Wildman–Crippen MR) is 62.0 cm³/mol. The van der Waals surface area contributed by atoms with Gasteiger partial charge in [-0.3, -0.25) is 4.79 Å². The third-order valence-corrected chi connectivity index (χ3v) is 1.81. The number of rotatable bonds is 6. The van der Waals surface area contributed by atoms with E-state index < -0.39 is 12.0 Å². The summed E-state index contributed by atoms with van der Waals surface area (Å²) in [5, 5.41) is 0. The Hall–Kier alpha value is -1.59. The minimum absolute atomic E-state index is 0.151. The molecule has 0 saturated carbocycles. The Kier molecular flexibility index (Phi) is 5.45. The fourth-order valence-corrected chi connectivity index (χ4v) is 1.00. The monoisotopic (exact) mass is 239 g/mol. The summed E-state index contributed by atoms with van der Waals surface area (Å²) in [4.78, 5) is 21.0. The lowest BCUT2D eigenvalue weighted by atomic mass is 10.3. The molecule has 0 radical (unpaired) electrons. The zero-order chi connectivity index (χ0) is 12.7. The molecule has 1 rings (SSSR count). The lowest BCUT2D eigenvalue weighted by Gasteiger charge is -2.14. The summed E-state index contributed by atoms with van der Waals surface area (Å²) in [5.74, 6) is 0.154. The molecule has 0 aliphatic carbocycles. The summed E-state index contributed by atoms with van der Waals surface area (Å²) in [5.41, 5.74) is 2.44. The minimum atomic E-state index is -0.596. The van der Waals surface area contributed by atoms with Crippen LogP contribution in [0.3, 0.4) is 0 Å². The topological polar surface area (TPSA) is 56.8 Å². The first-order chi connectivity index (χ1) is 8.09. The molecule has 0 fully saturated rings. The SMILES string of the molecule is CC(C)OC(=O)[C@H](C)NOOc1ccccc1. The highest BCUT2D eigenvalue weighted by Crippen LogP contribution is 2.07. The van der Waals surface area contributed by atoms with E-state index in [1.54, 1.807) is 32.9 Å². The van der Waals surface area contributed by atoms with E-state index in [0.29, 0.717) is 5.75 Å². The van der Waals surface area contributed by atoms with Gasteiger partial charge in [0, 0.05) is 0 Å². The molecule has 5 heteroatoms. The highest BCUT2D eigenvalue weighted by Gasteiger charge is 2.16. The van der Waals surface area contributed by atoms with E-state index in [-0.39, 0.29) is 6.10 Å². The zero-order valence-corrected chi connectivity index (χ0v) is 10.2. The molecule has 0 aliphatic rings. The molecule has 0 unspecified atom stereocenters. The molecule has 0 bridgehead atoms. The van der Waals surface area contributed by atoms with Gasteiger partial charge in [-0.25, -0.2) is 0 Å². The molecule has 0 amide bonds. The fraction of sp³-hybridized carbons (Fsp3) is 0.417. The van der Waals surface area contributed by atoms with Gasteiger partial charge in [0.1, 0.15) is 6.04 Å². The van der Waals surface area contributed by atoms with Crippen LogP contribution in [0.4, 0.5) is 0 Å². The first-order valence-corrected chi connectivity index (χ1v) is 5.44. The number of hydrogen-bond donors (Lipinski definition) is 1. The van der Waals surface area contributed by atoms with Crippen LogP contribution >= 0.6 is 0 Å². The van der Waals surface area contributed by atoms with Gasteiger partial charge in [0.25, 0.3) is 0 Å². The van der Waals surface area contributed by atoms with E-state index in [1.165, 1.54) is 0 Å². The maximum atomic E-state index is 11.4. The van der Waals surface area contributed by atoms with Crippen molar-refractivity contribution in [2.24, 2.45) is 0 Å². The zero-order valence-electron chi connectivity index (χ0n) is 10.2. The second-order valence-electron chi connectivity index (χ2n) is 3.80. The number of carbonyl (C=O) groups excluding carboxylic acids is 1. The lowest BCUT2D eigenvalue weighted by Crippen LogP contribution is -2.37. The molecule has 0 saturated heterocycles. The number of esters is 1. The van der Waals surface area contributed by atoms with Crippen LogP contribution in [0.1, 0.15) is 20.8 Å². The van der Waals surface area contributed by atoms with Gasteiger partial charge in [-0.2, -0.15) is 0 Å². The second-order valence-corrected chi connectivity index (χ2v) is 3.80. The summed E-state index contributed by atoms with van der Waals surface area (Å²) < 4.78 is 4.98. The van der Waals surface area contributed by atoms with Gasteiger partial charge >= 0.3 is 5.97 Å². The number of carbonyl (C=O) groups is 1. The lowest BCUT2D eigenvalue weighted by molar-refractivity contribution is -0.266. The van der Waals surface area contributed by atoms with Crippen molar-refractivity contribution < 1.29 is 19.4 Å². The molecule has 0 spiro atoms. The second kappa shape index (κ2) is 6.88. The quantitative estimate of drug-likeness (QED) is 0.466. The van der Waals surface area contributed by atoms with Gasteiger partial charge in [0.05, 0.1) is 6.10 Å². The van der Waals surface area contributed by atoms with Crippen LogP contribution in [0.15, 0.2) is 30.3 Å². The molecule has 1 aromatic carbocycles. The Bertz CT molecular complexity index is 340. The highest BCUT2D eigenvalue weighted by molar-refractivity contribution is 5.75. The van der Waals surface area contributed by atoms with Crippen LogP contribution in [-0.2, 0) is 14.5 Å². The van der Waals surface area contributed by atoms with E-state index >= 15 is 0 Å². The maximum Gasteiger partial charge on any atom is 0.325 e. The number of para-hydroxylation sites is 1. The summed E-state index contributed by atoms with van der Waals surface area (Å²) >= 11 is 0. The van der Waals surface area contributed by atoms with Crippen molar-refractivity contribution in [3.8, 4) is 5.75 Å². The van der Waals surface area contributed by atoms with Crippen LogP contribution in [-0.4, -0.2) is 18.1 Å². The van der Waals surface area contributed by atoms with Crippen LogP contribution in [0, 0.1) is 0 Å². The van der Waals surface area contributed by atoms with Crippen molar-refractivity contribution in [2.45, 2.75) is 32.9 Å². The van der Waals surface area contributed by atoms with E-state index in [0.717, 1.165) is 0 Å². The number of hydroxylamine groups is 1. The largest absolute Gasteiger partial charge is 0.462 e. The van der Waals surface area contributed by atoms with Crippen molar-refractivity contribution in [2.75, 3.05) is 0 Å². The summed E-state index contributed by atoms with van der Waals surface area (Å²) in [6.45, 7) is 5.19. The van der Waals surface area contributed by atoms with Crippen LogP contribution < -0.4 is 10.4 Å². The van der Waals surface area contributed by atoms with Crippen molar-refractivity contribution in [1.29, 1.82) is 0 Å². The Morgan fingerprint density at radius 1 is 1.18 bits per heavy atom. The Morgan fingerprint density at radius 3 is 2.41 bits per heavy atom. The summed E-state index contributed by atoms with van der Waals surface area (Å²) in [6, 6.07) is 8.37. The standard InChI is InChI=1S/C12H17NO4/c1-9(2)15-12(14)10(3)13-17-16-11-7-5-4-6-8-11/h4-10,13H,1-3H3/t10-/m0/s1. The van der Waals surface area contributed by atoms with Gasteiger partial charge in [-0.05, 0) is 32.9 Å². The first kappa shape index (κ1) is 13.5. The predicted octanol–water partition coefficient (Wildman–Crippen LogP) is 1.84. The van der Waals surface area contributed by atoms with Gasteiger partial charge in [0.15, 0.2) is 5.75 Å². The molecule has 1 N–H and O–H groups in total. The molecule has 17 heavy (non-hydrogen) atoms. The third kappa shape index (κ3) is 5.33.